The minimum atomic E-state index is -4.74. The van der Waals surface area contributed by atoms with Gasteiger partial charge in [-0.1, -0.05) is 36.4 Å². The van der Waals surface area contributed by atoms with E-state index in [1.807, 2.05) is 69.3 Å². The predicted molar refractivity (Wildman–Crippen MR) is 153 cm³/mol. The van der Waals surface area contributed by atoms with Crippen LogP contribution in [0.15, 0.2) is 83.5 Å². The molecule has 4 aromatic carbocycles. The molecule has 40 heavy (non-hydrogen) atoms. The topological polar surface area (TPSA) is 80.5 Å². The van der Waals surface area contributed by atoms with Crippen LogP contribution in [-0.4, -0.2) is 27.7 Å². The fourth-order valence-corrected chi connectivity index (χ4v) is 4.81. The first-order chi connectivity index (χ1) is 19.1. The summed E-state index contributed by atoms with van der Waals surface area (Å²) in [4.78, 5) is 16.9. The summed E-state index contributed by atoms with van der Waals surface area (Å²) in [6.07, 6.45) is -3.11. The average molecular weight is 564 g/mol. The number of hydrogen-bond acceptors (Lipinski definition) is 5. The fourth-order valence-electron chi connectivity index (χ4n) is 4.38. The first-order valence-corrected chi connectivity index (χ1v) is 13.0. The zero-order chi connectivity index (χ0) is 28.4. The largest absolute Gasteiger partial charge is 0.573 e. The number of ether oxygens (including phenoxy) is 1. The van der Waals surface area contributed by atoms with Crippen LogP contribution in [0.25, 0.3) is 27.5 Å². The van der Waals surface area contributed by atoms with Gasteiger partial charge in [0.15, 0.2) is 0 Å². The summed E-state index contributed by atoms with van der Waals surface area (Å²) in [7, 11) is 0. The Morgan fingerprint density at radius 2 is 1.73 bits per heavy atom. The van der Waals surface area contributed by atoms with E-state index >= 15 is 0 Å². The molecule has 2 amide bonds. The molecule has 0 unspecified atom stereocenters. The standard InChI is InChI=1S/C29H24F3N5O2S/c1-17-5-4-6-18(2)26(17)34-28(38)36-40-35-19(3)20-7-13-24-21(15-20)8-14-25-27(24)33-16-37(25)22-9-11-23(12-10-22)39-29(30,31)32/h4-16H,1-3H3,(H2,34,36,38)/b35-19+. The Balaban J connectivity index is 1.30. The van der Waals surface area contributed by atoms with Crippen molar-refractivity contribution in [3.8, 4) is 11.4 Å². The monoisotopic (exact) mass is 563 g/mol. The molecule has 2 N–H and O–H groups in total. The van der Waals surface area contributed by atoms with Crippen LogP contribution in [0.2, 0.25) is 0 Å². The highest BCUT2D eigenvalue weighted by atomic mass is 32.2. The van der Waals surface area contributed by atoms with Gasteiger partial charge >= 0.3 is 12.4 Å². The summed E-state index contributed by atoms with van der Waals surface area (Å²) in [6.45, 7) is 5.73. The highest BCUT2D eigenvalue weighted by molar-refractivity contribution is 7.96. The zero-order valence-corrected chi connectivity index (χ0v) is 22.5. The van der Waals surface area contributed by atoms with Gasteiger partial charge in [0.05, 0.1) is 28.9 Å². The Morgan fingerprint density at radius 3 is 2.42 bits per heavy atom. The molecular weight excluding hydrogens is 539 g/mol. The van der Waals surface area contributed by atoms with E-state index in [2.05, 4.69) is 24.2 Å². The summed E-state index contributed by atoms with van der Waals surface area (Å²) in [6, 6.07) is 20.8. The number of aromatic nitrogens is 2. The second-order valence-electron chi connectivity index (χ2n) is 9.12. The lowest BCUT2D eigenvalue weighted by Crippen LogP contribution is -2.23. The minimum absolute atomic E-state index is 0.286. The minimum Gasteiger partial charge on any atom is -0.406 e. The third-order valence-corrected chi connectivity index (χ3v) is 6.98. The Labute approximate surface area is 232 Å². The van der Waals surface area contributed by atoms with Crippen LogP contribution < -0.4 is 14.8 Å². The van der Waals surface area contributed by atoms with Gasteiger partial charge in [0.1, 0.15) is 12.1 Å². The first kappa shape index (κ1) is 27.1. The summed E-state index contributed by atoms with van der Waals surface area (Å²) in [5.41, 5.74) is 6.56. The molecule has 204 valence electrons. The summed E-state index contributed by atoms with van der Waals surface area (Å²) >= 11 is 0.947. The van der Waals surface area contributed by atoms with Crippen LogP contribution in [0.5, 0.6) is 5.75 Å². The Hall–Kier alpha value is -4.51. The van der Waals surface area contributed by atoms with Gasteiger partial charge < -0.3 is 10.1 Å². The van der Waals surface area contributed by atoms with Crippen LogP contribution in [-0.2, 0) is 0 Å². The molecule has 0 saturated heterocycles. The zero-order valence-electron chi connectivity index (χ0n) is 21.7. The third kappa shape index (κ3) is 5.89. The molecule has 1 heterocycles. The van der Waals surface area contributed by atoms with Crippen molar-refractivity contribution in [1.29, 1.82) is 0 Å². The maximum Gasteiger partial charge on any atom is 0.573 e. The van der Waals surface area contributed by atoms with Gasteiger partial charge in [-0.15, -0.1) is 13.2 Å². The van der Waals surface area contributed by atoms with Gasteiger partial charge in [-0.3, -0.25) is 9.29 Å². The fraction of sp³-hybridized carbons (Fsp3) is 0.138. The lowest BCUT2D eigenvalue weighted by atomic mass is 10.0. The predicted octanol–water partition coefficient (Wildman–Crippen LogP) is 7.89. The summed E-state index contributed by atoms with van der Waals surface area (Å²) in [5.74, 6) is -0.286. The number of aryl methyl sites for hydroxylation is 2. The lowest BCUT2D eigenvalue weighted by Gasteiger charge is -2.11. The molecule has 0 saturated carbocycles. The number of carbonyl (C=O) groups excluding carboxylic acids is 1. The van der Waals surface area contributed by atoms with Crippen molar-refractivity contribution in [3.63, 3.8) is 0 Å². The molecule has 7 nitrogen and oxygen atoms in total. The highest BCUT2D eigenvalue weighted by Crippen LogP contribution is 2.29. The molecule has 1 aromatic heterocycles. The van der Waals surface area contributed by atoms with Crippen LogP contribution >= 0.6 is 12.1 Å². The van der Waals surface area contributed by atoms with Gasteiger partial charge in [0.25, 0.3) is 0 Å². The molecular formula is C29H24F3N5O2S. The van der Waals surface area contributed by atoms with E-state index in [1.165, 1.54) is 12.1 Å². The normalized spacial score (nSPS) is 12.1. The van der Waals surface area contributed by atoms with Crippen LogP contribution in [0.1, 0.15) is 23.6 Å². The number of nitrogens with one attached hydrogen (secondary N) is 2. The summed E-state index contributed by atoms with van der Waals surface area (Å²) < 4.78 is 50.3. The lowest BCUT2D eigenvalue weighted by molar-refractivity contribution is -0.274. The number of amides is 2. The number of para-hydroxylation sites is 1. The second kappa shape index (κ2) is 10.9. The number of urea groups is 1. The smallest absolute Gasteiger partial charge is 0.406 e. The molecule has 5 aromatic rings. The van der Waals surface area contributed by atoms with Crippen LogP contribution in [0.3, 0.4) is 0 Å². The van der Waals surface area contributed by atoms with Gasteiger partial charge in [0.2, 0.25) is 0 Å². The SMILES string of the molecule is C/C(=N\SNC(=O)Nc1c(C)cccc1C)c1ccc2c(ccc3c2ncn3-c2ccc(OC(F)(F)F)cc2)c1. The van der Waals surface area contributed by atoms with E-state index in [-0.39, 0.29) is 11.8 Å². The van der Waals surface area contributed by atoms with Crippen molar-refractivity contribution in [2.45, 2.75) is 27.1 Å². The quantitative estimate of drug-likeness (QED) is 0.163. The molecule has 0 atom stereocenters. The number of fused-ring (bicyclic) bond motifs is 3. The van der Waals surface area contributed by atoms with E-state index in [0.717, 1.165) is 62.0 Å². The van der Waals surface area contributed by atoms with Gasteiger partial charge in [-0.2, -0.15) is 4.40 Å². The number of carbonyl (C=O) groups is 1. The first-order valence-electron chi connectivity index (χ1n) is 12.2. The number of nitrogens with zero attached hydrogens (tertiary/aromatic N) is 3. The van der Waals surface area contributed by atoms with E-state index in [9.17, 15) is 18.0 Å². The number of alkyl halides is 3. The highest BCUT2D eigenvalue weighted by Gasteiger charge is 2.31. The average Bonchev–Trinajstić information content (AvgIpc) is 3.35. The number of imidazole rings is 1. The molecule has 0 fully saturated rings. The number of hydrogen-bond donors (Lipinski definition) is 2. The van der Waals surface area contributed by atoms with E-state index < -0.39 is 6.36 Å². The second-order valence-corrected chi connectivity index (χ2v) is 9.69. The molecule has 0 aliphatic rings. The van der Waals surface area contributed by atoms with E-state index in [1.54, 1.807) is 23.0 Å². The van der Waals surface area contributed by atoms with Crippen molar-refractivity contribution in [2.75, 3.05) is 5.32 Å². The molecule has 0 radical (unpaired) electrons. The molecule has 0 aliphatic carbocycles. The van der Waals surface area contributed by atoms with Crippen molar-refractivity contribution >= 4 is 51.4 Å². The molecule has 11 heteroatoms. The van der Waals surface area contributed by atoms with Gasteiger partial charge in [-0.05, 0) is 79.2 Å². The molecule has 0 spiro atoms. The van der Waals surface area contributed by atoms with Crippen molar-refractivity contribution in [1.82, 2.24) is 14.3 Å². The molecule has 5 rings (SSSR count). The number of halogens is 3. The van der Waals surface area contributed by atoms with E-state index in [0.29, 0.717) is 5.69 Å². The Kier molecular flexibility index (Phi) is 7.40. The van der Waals surface area contributed by atoms with Crippen molar-refractivity contribution < 1.29 is 22.7 Å². The van der Waals surface area contributed by atoms with Crippen molar-refractivity contribution in [2.24, 2.45) is 4.40 Å². The Bertz CT molecular complexity index is 1730. The summed E-state index contributed by atoms with van der Waals surface area (Å²) in [5, 5.41) is 4.73. The maximum absolute atomic E-state index is 12.5. The number of benzene rings is 4. The number of rotatable bonds is 6. The molecule has 0 bridgehead atoms. The Morgan fingerprint density at radius 1 is 1.00 bits per heavy atom. The van der Waals surface area contributed by atoms with Crippen molar-refractivity contribution in [3.05, 3.63) is 95.8 Å². The van der Waals surface area contributed by atoms with Gasteiger partial charge in [-0.25, -0.2) is 9.78 Å². The van der Waals surface area contributed by atoms with E-state index in [4.69, 9.17) is 0 Å². The third-order valence-electron chi connectivity index (χ3n) is 6.34. The van der Waals surface area contributed by atoms with Gasteiger partial charge in [0, 0.05) is 16.8 Å². The molecule has 0 aliphatic heterocycles. The number of anilines is 1. The maximum atomic E-state index is 12.5. The van der Waals surface area contributed by atoms with Crippen LogP contribution in [0.4, 0.5) is 23.7 Å². The van der Waals surface area contributed by atoms with Crippen LogP contribution in [0, 0.1) is 13.8 Å².